The van der Waals surface area contributed by atoms with Gasteiger partial charge in [0.1, 0.15) is 0 Å². The summed E-state index contributed by atoms with van der Waals surface area (Å²) in [4.78, 5) is 6.89. The second kappa shape index (κ2) is 11.8. The third-order valence-corrected chi connectivity index (χ3v) is 4.85. The van der Waals surface area contributed by atoms with E-state index in [1.807, 2.05) is 0 Å². The maximum absolute atomic E-state index is 9.76. The molecule has 1 aromatic carbocycles. The number of aliphatic imine (C=N–C) groups is 1. The van der Waals surface area contributed by atoms with E-state index in [2.05, 4.69) is 41.4 Å². The van der Waals surface area contributed by atoms with Gasteiger partial charge in [-0.25, -0.2) is 4.99 Å². The first kappa shape index (κ1) is 22.4. The van der Waals surface area contributed by atoms with Gasteiger partial charge in [-0.1, -0.05) is 24.3 Å². The molecule has 1 atom stereocenters. The molecule has 152 valence electrons. The molecule has 0 saturated carbocycles. The summed E-state index contributed by atoms with van der Waals surface area (Å²) >= 11 is 0. The predicted molar refractivity (Wildman–Crippen MR) is 117 cm³/mol. The Labute approximate surface area is 179 Å². The summed E-state index contributed by atoms with van der Waals surface area (Å²) in [5.41, 5.74) is 2.36. The van der Waals surface area contributed by atoms with E-state index in [0.717, 1.165) is 51.5 Å². The van der Waals surface area contributed by atoms with Crippen molar-refractivity contribution in [3.05, 3.63) is 35.4 Å². The fraction of sp³-hybridized carbons (Fsp3) is 0.650. The van der Waals surface area contributed by atoms with Gasteiger partial charge < -0.3 is 24.8 Å². The van der Waals surface area contributed by atoms with Crippen LogP contribution in [0.5, 0.6) is 0 Å². The second-order valence-corrected chi connectivity index (χ2v) is 7.00. The van der Waals surface area contributed by atoms with Crippen molar-refractivity contribution in [3.8, 4) is 0 Å². The monoisotopic (exact) mass is 489 g/mol. The van der Waals surface area contributed by atoms with Crippen LogP contribution < -0.4 is 5.32 Å². The molecule has 2 aliphatic rings. The number of aliphatic hydroxyl groups excluding tert-OH is 1. The lowest BCUT2D eigenvalue weighted by Crippen LogP contribution is -2.40. The minimum Gasteiger partial charge on any atom is -0.391 e. The van der Waals surface area contributed by atoms with E-state index in [1.54, 1.807) is 0 Å². The summed E-state index contributed by atoms with van der Waals surface area (Å²) in [5.74, 6) is 0.882. The molecule has 27 heavy (non-hydrogen) atoms. The smallest absolute Gasteiger partial charge is 0.194 e. The SMILES string of the molecule is CCNC(=NCc1cccc(COC2CCOCC2)c1)N1CC[C@@H](O)C1.I. The van der Waals surface area contributed by atoms with Gasteiger partial charge in [-0.15, -0.1) is 24.0 Å². The van der Waals surface area contributed by atoms with Crippen LogP contribution in [0, 0.1) is 0 Å². The molecule has 1 aromatic rings. The molecule has 2 saturated heterocycles. The highest BCUT2D eigenvalue weighted by molar-refractivity contribution is 14.0. The number of guanidine groups is 1. The van der Waals surface area contributed by atoms with Crippen LogP contribution in [0.4, 0.5) is 0 Å². The number of hydrogen-bond acceptors (Lipinski definition) is 4. The maximum atomic E-state index is 9.76. The summed E-state index contributed by atoms with van der Waals surface area (Å²) < 4.78 is 11.4. The van der Waals surface area contributed by atoms with Crippen molar-refractivity contribution in [2.45, 2.75) is 51.5 Å². The number of hydrogen-bond donors (Lipinski definition) is 2. The van der Waals surface area contributed by atoms with Crippen molar-refractivity contribution >= 4 is 29.9 Å². The highest BCUT2D eigenvalue weighted by atomic mass is 127. The first-order valence-electron chi connectivity index (χ1n) is 9.73. The van der Waals surface area contributed by atoms with E-state index in [4.69, 9.17) is 14.5 Å². The van der Waals surface area contributed by atoms with Gasteiger partial charge in [0, 0.05) is 32.8 Å². The largest absolute Gasteiger partial charge is 0.391 e. The number of likely N-dealkylation sites (tertiary alicyclic amines) is 1. The first-order chi connectivity index (χ1) is 12.7. The van der Waals surface area contributed by atoms with E-state index in [-0.39, 0.29) is 30.1 Å². The summed E-state index contributed by atoms with van der Waals surface area (Å²) in [6.07, 6.45) is 2.84. The maximum Gasteiger partial charge on any atom is 0.194 e. The van der Waals surface area contributed by atoms with Crippen molar-refractivity contribution in [2.75, 3.05) is 32.8 Å². The number of benzene rings is 1. The molecule has 2 heterocycles. The van der Waals surface area contributed by atoms with Crippen molar-refractivity contribution in [2.24, 2.45) is 4.99 Å². The number of ether oxygens (including phenoxy) is 2. The molecule has 3 rings (SSSR count). The fourth-order valence-corrected chi connectivity index (χ4v) is 3.40. The normalized spacial score (nSPS) is 21.2. The van der Waals surface area contributed by atoms with Crippen LogP contribution in [0.2, 0.25) is 0 Å². The van der Waals surface area contributed by atoms with Crippen LogP contribution in [0.25, 0.3) is 0 Å². The van der Waals surface area contributed by atoms with Gasteiger partial charge in [-0.3, -0.25) is 0 Å². The van der Waals surface area contributed by atoms with Crippen LogP contribution in [0.15, 0.2) is 29.3 Å². The van der Waals surface area contributed by atoms with Crippen LogP contribution >= 0.6 is 24.0 Å². The molecular weight excluding hydrogens is 457 g/mol. The number of nitrogens with zero attached hydrogens (tertiary/aromatic N) is 2. The summed E-state index contributed by atoms with van der Waals surface area (Å²) in [6, 6.07) is 8.45. The summed E-state index contributed by atoms with van der Waals surface area (Å²) in [6.45, 7) is 7.27. The van der Waals surface area contributed by atoms with E-state index < -0.39 is 0 Å². The van der Waals surface area contributed by atoms with Gasteiger partial charge in [0.2, 0.25) is 0 Å². The van der Waals surface area contributed by atoms with Crippen molar-refractivity contribution in [3.63, 3.8) is 0 Å². The van der Waals surface area contributed by atoms with Crippen LogP contribution in [-0.4, -0.2) is 61.0 Å². The van der Waals surface area contributed by atoms with Gasteiger partial charge in [0.15, 0.2) is 5.96 Å². The Kier molecular flexibility index (Phi) is 9.81. The van der Waals surface area contributed by atoms with E-state index in [1.165, 1.54) is 11.1 Å². The van der Waals surface area contributed by atoms with Crippen molar-refractivity contribution in [1.82, 2.24) is 10.2 Å². The van der Waals surface area contributed by atoms with Gasteiger partial charge >= 0.3 is 0 Å². The topological polar surface area (TPSA) is 66.3 Å². The summed E-state index contributed by atoms with van der Waals surface area (Å²) in [7, 11) is 0. The highest BCUT2D eigenvalue weighted by Gasteiger charge is 2.22. The molecule has 2 aliphatic heterocycles. The van der Waals surface area contributed by atoms with E-state index in [9.17, 15) is 5.11 Å². The minimum atomic E-state index is -0.246. The van der Waals surface area contributed by atoms with Gasteiger partial charge in [0.05, 0.1) is 25.4 Å². The molecule has 6 nitrogen and oxygen atoms in total. The molecular formula is C20H32IN3O3. The number of rotatable bonds is 6. The first-order valence-corrected chi connectivity index (χ1v) is 9.73. The molecule has 0 aliphatic carbocycles. The number of nitrogens with one attached hydrogen (secondary N) is 1. The molecule has 0 radical (unpaired) electrons. The Hall–Kier alpha value is -0.900. The Morgan fingerprint density at radius 3 is 2.78 bits per heavy atom. The zero-order valence-corrected chi connectivity index (χ0v) is 18.4. The third-order valence-electron chi connectivity index (χ3n) is 4.85. The van der Waals surface area contributed by atoms with Gasteiger partial charge in [-0.2, -0.15) is 0 Å². The Morgan fingerprint density at radius 1 is 1.30 bits per heavy atom. The average Bonchev–Trinajstić information content (AvgIpc) is 3.11. The molecule has 2 fully saturated rings. The summed E-state index contributed by atoms with van der Waals surface area (Å²) in [5, 5.41) is 13.1. The molecule has 0 unspecified atom stereocenters. The lowest BCUT2D eigenvalue weighted by Gasteiger charge is -2.22. The highest BCUT2D eigenvalue weighted by Crippen LogP contribution is 2.15. The minimum absolute atomic E-state index is 0. The van der Waals surface area contributed by atoms with Crippen molar-refractivity contribution in [1.29, 1.82) is 0 Å². The Bertz CT molecular complexity index is 594. The van der Waals surface area contributed by atoms with Crippen molar-refractivity contribution < 1.29 is 14.6 Å². The van der Waals surface area contributed by atoms with Gasteiger partial charge in [-0.05, 0) is 37.3 Å². The average molecular weight is 489 g/mol. The molecule has 0 spiro atoms. The van der Waals surface area contributed by atoms with E-state index in [0.29, 0.717) is 25.8 Å². The Morgan fingerprint density at radius 2 is 2.07 bits per heavy atom. The molecule has 7 heteroatoms. The molecule has 2 N–H and O–H groups in total. The Balaban J connectivity index is 0.00000261. The van der Waals surface area contributed by atoms with E-state index >= 15 is 0 Å². The molecule has 0 amide bonds. The number of halogens is 1. The predicted octanol–water partition coefficient (Wildman–Crippen LogP) is 2.53. The van der Waals surface area contributed by atoms with Gasteiger partial charge in [0.25, 0.3) is 0 Å². The number of β-amino-alcohol motifs (C(OH)–C–C–N with tert-alkyl or cyclic N) is 1. The molecule has 0 bridgehead atoms. The standard InChI is InChI=1S/C20H31N3O3.HI/c1-2-21-20(23-9-6-18(24)14-23)22-13-16-4-3-5-17(12-16)15-26-19-7-10-25-11-8-19;/h3-5,12,18-19,24H,2,6-11,13-15H2,1H3,(H,21,22);1H/t18-;/m1./s1. The fourth-order valence-electron chi connectivity index (χ4n) is 3.40. The zero-order valence-electron chi connectivity index (χ0n) is 16.1. The zero-order chi connectivity index (χ0) is 18.2. The quantitative estimate of drug-likeness (QED) is 0.366. The van der Waals surface area contributed by atoms with Crippen LogP contribution in [0.1, 0.15) is 37.3 Å². The lowest BCUT2D eigenvalue weighted by molar-refractivity contribution is -0.0390. The lowest BCUT2D eigenvalue weighted by atomic mass is 10.1. The number of aliphatic hydroxyl groups is 1. The molecule has 0 aromatic heterocycles. The van der Waals surface area contributed by atoms with Crippen LogP contribution in [0.3, 0.4) is 0 Å². The van der Waals surface area contributed by atoms with Crippen LogP contribution in [-0.2, 0) is 22.6 Å². The second-order valence-electron chi connectivity index (χ2n) is 7.00. The third kappa shape index (κ3) is 7.21.